The van der Waals surface area contributed by atoms with Gasteiger partial charge in [0.1, 0.15) is 0 Å². The first kappa shape index (κ1) is 16.0. The van der Waals surface area contributed by atoms with Crippen LogP contribution in [-0.4, -0.2) is 21.0 Å². The zero-order valence-corrected chi connectivity index (χ0v) is 14.4. The third kappa shape index (κ3) is 3.11. The van der Waals surface area contributed by atoms with Crippen molar-refractivity contribution in [3.8, 4) is 0 Å². The van der Waals surface area contributed by atoms with Gasteiger partial charge in [-0.05, 0) is 55.4 Å². The lowest BCUT2D eigenvalue weighted by molar-refractivity contribution is 0.126. The molecule has 0 aliphatic heterocycles. The second-order valence-electron chi connectivity index (χ2n) is 6.94. The number of hydrogen-bond donors (Lipinski definition) is 1. The van der Waals surface area contributed by atoms with Crippen molar-refractivity contribution in [3.05, 3.63) is 59.4 Å². The molecular weight excluding hydrogens is 284 g/mol. The first-order valence-electron chi connectivity index (χ1n) is 8.45. The largest absolute Gasteiger partial charge is 0.389 e. The molecule has 0 bridgehead atoms. The molecule has 0 saturated heterocycles. The van der Waals surface area contributed by atoms with Gasteiger partial charge in [-0.3, -0.25) is 4.68 Å². The van der Waals surface area contributed by atoms with E-state index >= 15 is 0 Å². The molecule has 0 unspecified atom stereocenters. The Kier molecular flexibility index (Phi) is 4.40. The molecule has 0 amide bonds. The van der Waals surface area contributed by atoms with E-state index in [4.69, 9.17) is 5.10 Å². The van der Waals surface area contributed by atoms with Gasteiger partial charge < -0.3 is 5.11 Å². The number of rotatable bonds is 2. The Balaban J connectivity index is 2.12. The van der Waals surface area contributed by atoms with Crippen molar-refractivity contribution in [1.29, 1.82) is 0 Å². The topological polar surface area (TPSA) is 38.0 Å². The standard InChI is InChI=1S/C20H26N2O/c1-13-10-19(22-15(3)11-14(2)21-22)18(12-20(23)16(13)4)17-8-6-5-7-9-17/h5-9,11-13,16,19-20,23H,10H2,1-4H3/t13-,16+,19-,20-/m0/s1. The van der Waals surface area contributed by atoms with Gasteiger partial charge in [-0.25, -0.2) is 0 Å². The number of aromatic nitrogens is 2. The molecule has 3 rings (SSSR count). The van der Waals surface area contributed by atoms with Crippen LogP contribution in [0.3, 0.4) is 0 Å². The van der Waals surface area contributed by atoms with Gasteiger partial charge in [0, 0.05) is 5.69 Å². The minimum absolute atomic E-state index is 0.167. The van der Waals surface area contributed by atoms with Crippen LogP contribution in [0.5, 0.6) is 0 Å². The lowest BCUT2D eigenvalue weighted by atomic mass is 9.88. The maximum atomic E-state index is 10.6. The summed E-state index contributed by atoms with van der Waals surface area (Å²) in [5.74, 6) is 0.673. The third-order valence-electron chi connectivity index (χ3n) is 5.19. The number of aliphatic hydroxyl groups excluding tert-OH is 1. The van der Waals surface area contributed by atoms with Crippen molar-refractivity contribution < 1.29 is 5.11 Å². The number of hydrogen-bond acceptors (Lipinski definition) is 2. The summed E-state index contributed by atoms with van der Waals surface area (Å²) in [4.78, 5) is 0. The Hall–Kier alpha value is -1.87. The van der Waals surface area contributed by atoms with Crippen LogP contribution in [0.25, 0.3) is 5.57 Å². The Morgan fingerprint density at radius 3 is 2.43 bits per heavy atom. The van der Waals surface area contributed by atoms with E-state index in [0.29, 0.717) is 5.92 Å². The number of nitrogens with zero attached hydrogens (tertiary/aromatic N) is 2. The van der Waals surface area contributed by atoms with Crippen molar-refractivity contribution in [3.63, 3.8) is 0 Å². The first-order chi connectivity index (χ1) is 11.0. The highest BCUT2D eigenvalue weighted by atomic mass is 16.3. The molecular formula is C20H26N2O. The molecule has 1 N–H and O–H groups in total. The summed E-state index contributed by atoms with van der Waals surface area (Å²) in [7, 11) is 0. The van der Waals surface area contributed by atoms with E-state index in [9.17, 15) is 5.11 Å². The summed E-state index contributed by atoms with van der Waals surface area (Å²) >= 11 is 0. The average molecular weight is 310 g/mol. The average Bonchev–Trinajstić information content (AvgIpc) is 2.83. The summed E-state index contributed by atoms with van der Waals surface area (Å²) in [6.07, 6.45) is 2.62. The van der Waals surface area contributed by atoms with Gasteiger partial charge >= 0.3 is 0 Å². The predicted molar refractivity (Wildman–Crippen MR) is 94.1 cm³/mol. The Morgan fingerprint density at radius 1 is 1.13 bits per heavy atom. The monoisotopic (exact) mass is 310 g/mol. The van der Waals surface area contributed by atoms with Crippen LogP contribution in [-0.2, 0) is 0 Å². The molecule has 23 heavy (non-hydrogen) atoms. The molecule has 1 aromatic carbocycles. The molecule has 3 nitrogen and oxygen atoms in total. The summed E-state index contributed by atoms with van der Waals surface area (Å²) in [5, 5.41) is 15.3. The molecule has 0 radical (unpaired) electrons. The fourth-order valence-electron chi connectivity index (χ4n) is 3.59. The van der Waals surface area contributed by atoms with Crippen LogP contribution in [0.15, 0.2) is 42.5 Å². The van der Waals surface area contributed by atoms with Crippen molar-refractivity contribution in [2.24, 2.45) is 11.8 Å². The van der Waals surface area contributed by atoms with E-state index in [-0.39, 0.29) is 12.0 Å². The van der Waals surface area contributed by atoms with E-state index < -0.39 is 6.10 Å². The molecule has 0 spiro atoms. The van der Waals surface area contributed by atoms with Gasteiger partial charge in [-0.2, -0.15) is 5.10 Å². The molecule has 1 aliphatic rings. The predicted octanol–water partition coefficient (Wildman–Crippen LogP) is 4.16. The van der Waals surface area contributed by atoms with Crippen molar-refractivity contribution in [1.82, 2.24) is 9.78 Å². The number of aliphatic hydroxyl groups is 1. The highest BCUT2D eigenvalue weighted by molar-refractivity contribution is 5.69. The number of benzene rings is 1. The lowest BCUT2D eigenvalue weighted by Gasteiger charge is -2.25. The van der Waals surface area contributed by atoms with Gasteiger partial charge in [-0.15, -0.1) is 0 Å². The summed E-state index contributed by atoms with van der Waals surface area (Å²) in [6.45, 7) is 8.51. The molecule has 0 saturated carbocycles. The van der Waals surface area contributed by atoms with E-state index in [1.807, 2.05) is 19.1 Å². The minimum Gasteiger partial charge on any atom is -0.389 e. The fourth-order valence-corrected chi connectivity index (χ4v) is 3.59. The van der Waals surface area contributed by atoms with Crippen LogP contribution in [0.4, 0.5) is 0 Å². The summed E-state index contributed by atoms with van der Waals surface area (Å²) in [5.41, 5.74) is 4.57. The van der Waals surface area contributed by atoms with Crippen molar-refractivity contribution >= 4 is 5.57 Å². The van der Waals surface area contributed by atoms with Gasteiger partial charge in [0.25, 0.3) is 0 Å². The minimum atomic E-state index is -0.415. The van der Waals surface area contributed by atoms with Crippen molar-refractivity contribution in [2.45, 2.75) is 46.3 Å². The highest BCUT2D eigenvalue weighted by Crippen LogP contribution is 2.40. The summed E-state index contributed by atoms with van der Waals surface area (Å²) in [6, 6.07) is 12.7. The molecule has 122 valence electrons. The van der Waals surface area contributed by atoms with Crippen LogP contribution >= 0.6 is 0 Å². The van der Waals surface area contributed by atoms with Gasteiger partial charge in [0.15, 0.2) is 0 Å². The third-order valence-corrected chi connectivity index (χ3v) is 5.19. The molecule has 1 heterocycles. The maximum absolute atomic E-state index is 10.6. The van der Waals surface area contributed by atoms with Crippen LogP contribution in [0.1, 0.15) is 43.3 Å². The quantitative estimate of drug-likeness (QED) is 0.904. The Morgan fingerprint density at radius 2 is 1.83 bits per heavy atom. The van der Waals surface area contributed by atoms with E-state index in [1.54, 1.807) is 0 Å². The number of aryl methyl sites for hydroxylation is 2. The SMILES string of the molecule is Cc1cc(C)n([C@H]2C[C@H](C)[C@@H](C)[C@@H](O)C=C2c2ccccc2)n1. The molecule has 2 aromatic rings. The van der Waals surface area contributed by atoms with Crippen molar-refractivity contribution in [2.75, 3.05) is 0 Å². The van der Waals surface area contributed by atoms with E-state index in [0.717, 1.165) is 12.1 Å². The molecule has 1 aromatic heterocycles. The van der Waals surface area contributed by atoms with Gasteiger partial charge in [-0.1, -0.05) is 44.2 Å². The van der Waals surface area contributed by atoms with Gasteiger partial charge in [0.2, 0.25) is 0 Å². The van der Waals surface area contributed by atoms with E-state index in [2.05, 4.69) is 55.8 Å². The zero-order chi connectivity index (χ0) is 16.6. The van der Waals surface area contributed by atoms with E-state index in [1.165, 1.54) is 16.8 Å². The highest BCUT2D eigenvalue weighted by Gasteiger charge is 2.31. The molecule has 1 aliphatic carbocycles. The van der Waals surface area contributed by atoms with Gasteiger partial charge in [0.05, 0.1) is 17.8 Å². The Labute approximate surface area is 138 Å². The van der Waals surface area contributed by atoms with Crippen LogP contribution < -0.4 is 0 Å². The zero-order valence-electron chi connectivity index (χ0n) is 14.4. The maximum Gasteiger partial charge on any atom is 0.0777 e. The van der Waals surface area contributed by atoms with Crippen LogP contribution in [0.2, 0.25) is 0 Å². The smallest absolute Gasteiger partial charge is 0.0777 e. The second-order valence-corrected chi connectivity index (χ2v) is 6.94. The molecule has 3 heteroatoms. The lowest BCUT2D eigenvalue weighted by Crippen LogP contribution is -2.21. The molecule has 0 fully saturated rings. The van der Waals surface area contributed by atoms with Crippen LogP contribution in [0, 0.1) is 25.7 Å². The first-order valence-corrected chi connectivity index (χ1v) is 8.45. The number of allylic oxidation sites excluding steroid dienone is 1. The second kappa shape index (κ2) is 6.32. The summed E-state index contributed by atoms with van der Waals surface area (Å²) < 4.78 is 2.13. The Bertz CT molecular complexity index is 702. The normalized spacial score (nSPS) is 28.3. The molecule has 4 atom stereocenters. The fraction of sp³-hybridized carbons (Fsp3) is 0.450.